The smallest absolute Gasteiger partial charge is 0.163 e. The Balaban J connectivity index is 3.15. The molecule has 2 nitrogen and oxygen atoms in total. The lowest BCUT2D eigenvalue weighted by atomic mass is 10.00. The third-order valence-corrected chi connectivity index (χ3v) is 12.9. The van der Waals surface area contributed by atoms with Gasteiger partial charge >= 0.3 is 0 Å². The fourth-order valence-corrected chi connectivity index (χ4v) is 12.6. The van der Waals surface area contributed by atoms with Gasteiger partial charge in [-0.3, -0.25) is 0 Å². The molecule has 0 amide bonds. The van der Waals surface area contributed by atoms with Crippen LogP contribution in [0.1, 0.15) is 32.1 Å². The van der Waals surface area contributed by atoms with Crippen LogP contribution in [-0.4, -0.2) is 14.7 Å². The van der Waals surface area contributed by atoms with E-state index in [9.17, 15) is 9.79 Å². The molecule has 0 bridgehead atoms. The average molecular weight is 313 g/mol. The molecule has 84 valence electrons. The number of hydrogen-bond acceptors (Lipinski definition) is 2. The molecule has 8 heteroatoms. The second-order valence-corrected chi connectivity index (χ2v) is 14.9. The molecule has 1 aliphatic rings. The maximum Gasteiger partial charge on any atom is 0.163 e. The highest BCUT2D eigenvalue weighted by Gasteiger charge is 2.52. The molecule has 0 radical (unpaired) electrons. The Kier molecular flexibility index (Phi) is 4.54. The van der Waals surface area contributed by atoms with Gasteiger partial charge in [0, 0.05) is 0 Å². The van der Waals surface area contributed by atoms with Gasteiger partial charge in [0.15, 0.2) is 11.2 Å². The Morgan fingerprint density at radius 3 is 1.50 bits per heavy atom. The number of halogens is 2. The van der Waals surface area contributed by atoms with E-state index < -0.39 is 16.1 Å². The van der Waals surface area contributed by atoms with Gasteiger partial charge in [0.25, 0.3) is 0 Å². The summed E-state index contributed by atoms with van der Waals surface area (Å²) in [6, 6.07) is 0. The lowest BCUT2D eigenvalue weighted by Crippen LogP contribution is -2.28. The van der Waals surface area contributed by atoms with Crippen molar-refractivity contribution in [3.05, 3.63) is 0 Å². The molecule has 14 heavy (non-hydrogen) atoms. The monoisotopic (exact) mass is 312 g/mol. The molecule has 2 atom stereocenters. The second-order valence-electron chi connectivity index (χ2n) is 3.55. The molecule has 0 heterocycles. The van der Waals surface area contributed by atoms with Crippen LogP contribution in [-0.2, 0) is 23.6 Å². The van der Waals surface area contributed by atoms with E-state index in [0.717, 1.165) is 19.3 Å². The summed E-state index contributed by atoms with van der Waals surface area (Å²) in [6.45, 7) is 0. The minimum atomic E-state index is -3.12. The van der Waals surface area contributed by atoms with Crippen LogP contribution >= 0.6 is 33.7 Å². The summed E-state index contributed by atoms with van der Waals surface area (Å²) in [5.74, 6) is 0. The first kappa shape index (κ1) is 13.9. The van der Waals surface area contributed by atoms with Crippen molar-refractivity contribution in [2.24, 2.45) is 0 Å². The van der Waals surface area contributed by atoms with Crippen molar-refractivity contribution in [2.45, 2.75) is 37.0 Å². The van der Waals surface area contributed by atoms with Crippen LogP contribution in [0.5, 0.6) is 0 Å². The van der Waals surface area contributed by atoms with Crippen molar-refractivity contribution in [3.8, 4) is 0 Å². The standard InChI is InChI=1S/C6H12Cl2O2P2S2/c7-11(9,13)6(12(8,10)14)4-2-1-3-5-6/h1-5H2,(H,9,13)(H,10,14). The molecule has 1 fully saturated rings. The van der Waals surface area contributed by atoms with Gasteiger partial charge in [-0.1, -0.05) is 41.7 Å². The SMILES string of the molecule is OP(=S)(Cl)C1(P(O)(=S)Cl)CCCCC1. The van der Waals surface area contributed by atoms with Gasteiger partial charge in [0.05, 0.1) is 4.90 Å². The normalized spacial score (nSPS) is 30.3. The van der Waals surface area contributed by atoms with Gasteiger partial charge in [-0.15, -0.1) is 0 Å². The van der Waals surface area contributed by atoms with Crippen LogP contribution in [0.2, 0.25) is 0 Å². The van der Waals surface area contributed by atoms with Crippen molar-refractivity contribution in [3.63, 3.8) is 0 Å². The highest BCUT2D eigenvalue weighted by molar-refractivity contribution is 8.35. The molecule has 0 aromatic rings. The first-order valence-electron chi connectivity index (χ1n) is 4.26. The van der Waals surface area contributed by atoms with E-state index in [-0.39, 0.29) is 0 Å². The van der Waals surface area contributed by atoms with Crippen LogP contribution in [0.3, 0.4) is 0 Å². The Labute approximate surface area is 104 Å². The van der Waals surface area contributed by atoms with Crippen molar-refractivity contribution in [1.29, 1.82) is 0 Å². The maximum absolute atomic E-state index is 9.84. The van der Waals surface area contributed by atoms with Gasteiger partial charge in [-0.25, -0.2) is 0 Å². The van der Waals surface area contributed by atoms with Crippen molar-refractivity contribution < 1.29 is 9.79 Å². The molecule has 0 spiro atoms. The zero-order valence-electron chi connectivity index (χ0n) is 7.40. The quantitative estimate of drug-likeness (QED) is 0.762. The molecule has 0 aromatic heterocycles. The van der Waals surface area contributed by atoms with Crippen molar-refractivity contribution >= 4 is 57.3 Å². The molecule has 0 saturated heterocycles. The second kappa shape index (κ2) is 4.58. The number of rotatable bonds is 2. The summed E-state index contributed by atoms with van der Waals surface area (Å²) in [4.78, 5) is 18.7. The predicted octanol–water partition coefficient (Wildman–Crippen LogP) is 3.73. The van der Waals surface area contributed by atoms with E-state index in [0.29, 0.717) is 12.8 Å². The largest absolute Gasteiger partial charge is 0.353 e. The third kappa shape index (κ3) is 2.55. The third-order valence-electron chi connectivity index (χ3n) is 2.68. The first-order chi connectivity index (χ1) is 6.21. The van der Waals surface area contributed by atoms with Crippen LogP contribution in [0.15, 0.2) is 0 Å². The summed E-state index contributed by atoms with van der Waals surface area (Å²) in [5.41, 5.74) is -6.25. The van der Waals surface area contributed by atoms with E-state index >= 15 is 0 Å². The number of hydrogen-bond donors (Lipinski definition) is 2. The fraction of sp³-hybridized carbons (Fsp3) is 1.00. The topological polar surface area (TPSA) is 40.5 Å². The molecule has 2 unspecified atom stereocenters. The molecular formula is C6H12Cl2O2P2S2. The summed E-state index contributed by atoms with van der Waals surface area (Å²) in [7, 11) is 0. The molecule has 0 aliphatic heterocycles. The van der Waals surface area contributed by atoms with Gasteiger partial charge in [0.1, 0.15) is 0 Å². The summed E-state index contributed by atoms with van der Waals surface area (Å²) < 4.78 is 0. The molecule has 0 aromatic carbocycles. The molecule has 1 rings (SSSR count). The highest BCUT2D eigenvalue weighted by Crippen LogP contribution is 2.81. The minimum Gasteiger partial charge on any atom is -0.353 e. The maximum atomic E-state index is 9.84. The molecular weight excluding hydrogens is 301 g/mol. The first-order valence-corrected chi connectivity index (χ1v) is 11.6. The van der Waals surface area contributed by atoms with Gasteiger partial charge < -0.3 is 9.79 Å². The zero-order chi connectivity index (χ0) is 11.0. The van der Waals surface area contributed by atoms with Crippen molar-refractivity contribution in [2.75, 3.05) is 0 Å². The summed E-state index contributed by atoms with van der Waals surface area (Å²) in [5, 5.41) is 0. The van der Waals surface area contributed by atoms with Gasteiger partial charge in [-0.2, -0.15) is 0 Å². The van der Waals surface area contributed by atoms with Crippen LogP contribution in [0.4, 0.5) is 0 Å². The van der Waals surface area contributed by atoms with E-state index in [2.05, 4.69) is 0 Å². The van der Waals surface area contributed by atoms with E-state index in [1.165, 1.54) is 0 Å². The molecule has 2 N–H and O–H groups in total. The average Bonchev–Trinajstić information content (AvgIpc) is 2.02. The van der Waals surface area contributed by atoms with E-state index in [1.807, 2.05) is 0 Å². The predicted molar refractivity (Wildman–Crippen MR) is 70.5 cm³/mol. The van der Waals surface area contributed by atoms with Gasteiger partial charge in [0.2, 0.25) is 0 Å². The Morgan fingerprint density at radius 2 is 1.29 bits per heavy atom. The Bertz CT molecular complexity index is 281. The minimum absolute atomic E-state index is 0.557. The lowest BCUT2D eigenvalue weighted by Gasteiger charge is -2.42. The molecule has 1 saturated carbocycles. The zero-order valence-corrected chi connectivity index (χ0v) is 12.3. The summed E-state index contributed by atoms with van der Waals surface area (Å²) in [6.07, 6.45) is 3.91. The van der Waals surface area contributed by atoms with Crippen LogP contribution in [0, 0.1) is 0 Å². The molecule has 1 aliphatic carbocycles. The van der Waals surface area contributed by atoms with E-state index in [1.54, 1.807) is 0 Å². The lowest BCUT2D eigenvalue weighted by molar-refractivity contribution is 0.441. The Hall–Kier alpha value is 1.80. The Morgan fingerprint density at radius 1 is 0.929 bits per heavy atom. The van der Waals surface area contributed by atoms with Crippen LogP contribution in [0.25, 0.3) is 0 Å². The van der Waals surface area contributed by atoms with Crippen LogP contribution < -0.4 is 0 Å². The van der Waals surface area contributed by atoms with E-state index in [4.69, 9.17) is 46.1 Å². The van der Waals surface area contributed by atoms with Gasteiger partial charge in [-0.05, 0) is 36.5 Å². The van der Waals surface area contributed by atoms with Crippen molar-refractivity contribution in [1.82, 2.24) is 0 Å². The highest BCUT2D eigenvalue weighted by atomic mass is 35.7. The summed E-state index contributed by atoms with van der Waals surface area (Å²) >= 11 is 21.5. The fourth-order valence-electron chi connectivity index (χ4n) is 1.82.